The van der Waals surface area contributed by atoms with Crippen molar-refractivity contribution in [3.63, 3.8) is 0 Å². The number of thioether (sulfide) groups is 1. The van der Waals surface area contributed by atoms with E-state index in [0.717, 1.165) is 16.7 Å². The molecule has 1 aromatic carbocycles. The molecule has 2 N–H and O–H groups in total. The van der Waals surface area contributed by atoms with Gasteiger partial charge in [-0.3, -0.25) is 19.3 Å². The molecule has 0 unspecified atom stereocenters. The van der Waals surface area contributed by atoms with Crippen molar-refractivity contribution >= 4 is 35.0 Å². The number of carboxylic acids is 1. The third kappa shape index (κ3) is 4.29. The largest absolute Gasteiger partial charge is 0.504 e. The fourth-order valence-corrected chi connectivity index (χ4v) is 2.99. The zero-order valence-corrected chi connectivity index (χ0v) is 13.8. The molecule has 2 rings (SSSR count). The second kappa shape index (κ2) is 7.87. The lowest BCUT2D eigenvalue weighted by molar-refractivity contribution is -0.137. The molecular weight excluding hydrogens is 334 g/mol. The Kier molecular flexibility index (Phi) is 5.86. The number of ether oxygens (including phenoxy) is 1. The highest BCUT2D eigenvalue weighted by atomic mass is 32.2. The summed E-state index contributed by atoms with van der Waals surface area (Å²) in [4.78, 5) is 36.0. The van der Waals surface area contributed by atoms with Crippen LogP contribution in [0.2, 0.25) is 0 Å². The van der Waals surface area contributed by atoms with E-state index in [4.69, 9.17) is 9.84 Å². The van der Waals surface area contributed by atoms with Gasteiger partial charge in [0.25, 0.3) is 11.1 Å². The van der Waals surface area contributed by atoms with Crippen molar-refractivity contribution < 1.29 is 29.3 Å². The SMILES string of the molecule is CCOc1cc(/C=C2/SC(=O)N(CCCC(=O)O)C2=O)ccc1O. The molecule has 1 fully saturated rings. The molecule has 8 heteroatoms. The van der Waals surface area contributed by atoms with Crippen molar-refractivity contribution in [1.82, 2.24) is 4.90 Å². The van der Waals surface area contributed by atoms with Gasteiger partial charge in [-0.1, -0.05) is 6.07 Å². The predicted molar refractivity (Wildman–Crippen MR) is 88.8 cm³/mol. The maximum Gasteiger partial charge on any atom is 0.303 e. The Hall–Kier alpha value is -2.48. The van der Waals surface area contributed by atoms with Gasteiger partial charge in [0, 0.05) is 13.0 Å². The summed E-state index contributed by atoms with van der Waals surface area (Å²) in [7, 11) is 0. The van der Waals surface area contributed by atoms with E-state index in [2.05, 4.69) is 0 Å². The molecule has 2 amide bonds. The Labute approximate surface area is 142 Å². The Morgan fingerprint density at radius 1 is 1.38 bits per heavy atom. The molecule has 0 spiro atoms. The minimum atomic E-state index is -0.968. The number of aliphatic carboxylic acids is 1. The molecule has 0 aromatic heterocycles. The first kappa shape index (κ1) is 17.9. The van der Waals surface area contributed by atoms with Gasteiger partial charge in [-0.15, -0.1) is 0 Å². The maximum absolute atomic E-state index is 12.3. The summed E-state index contributed by atoms with van der Waals surface area (Å²) >= 11 is 0.807. The lowest BCUT2D eigenvalue weighted by Gasteiger charge is -2.10. The van der Waals surface area contributed by atoms with E-state index in [9.17, 15) is 19.5 Å². The molecular formula is C16H17NO6S. The minimum Gasteiger partial charge on any atom is -0.504 e. The fraction of sp³-hybridized carbons (Fsp3) is 0.312. The van der Waals surface area contributed by atoms with Gasteiger partial charge in [0.05, 0.1) is 11.5 Å². The molecule has 0 aliphatic carbocycles. The lowest BCUT2D eigenvalue weighted by atomic mass is 10.2. The smallest absolute Gasteiger partial charge is 0.303 e. The summed E-state index contributed by atoms with van der Waals surface area (Å²) in [5.41, 5.74) is 0.618. The minimum absolute atomic E-state index is 0.00391. The zero-order chi connectivity index (χ0) is 17.7. The Morgan fingerprint density at radius 3 is 2.79 bits per heavy atom. The molecule has 1 aliphatic heterocycles. The van der Waals surface area contributed by atoms with E-state index in [1.165, 1.54) is 6.07 Å². The Balaban J connectivity index is 2.13. The number of nitrogens with zero attached hydrogens (tertiary/aromatic N) is 1. The number of carbonyl (C=O) groups is 3. The van der Waals surface area contributed by atoms with Crippen LogP contribution in [0.5, 0.6) is 11.5 Å². The Morgan fingerprint density at radius 2 is 2.12 bits per heavy atom. The summed E-state index contributed by atoms with van der Waals surface area (Å²) in [6.07, 6.45) is 1.66. The fourth-order valence-electron chi connectivity index (χ4n) is 2.12. The summed E-state index contributed by atoms with van der Waals surface area (Å²) in [5.74, 6) is -1.12. The molecule has 0 saturated carbocycles. The lowest BCUT2D eigenvalue weighted by Crippen LogP contribution is -2.29. The zero-order valence-electron chi connectivity index (χ0n) is 13.0. The summed E-state index contributed by atoms with van der Waals surface area (Å²) in [6.45, 7) is 2.25. The monoisotopic (exact) mass is 351 g/mol. The van der Waals surface area contributed by atoms with Crippen molar-refractivity contribution in [2.24, 2.45) is 0 Å². The van der Waals surface area contributed by atoms with Gasteiger partial charge in [-0.2, -0.15) is 0 Å². The van der Waals surface area contributed by atoms with Gasteiger partial charge in [0.1, 0.15) is 0 Å². The molecule has 1 aliphatic rings. The van der Waals surface area contributed by atoms with Crippen LogP contribution in [0.1, 0.15) is 25.3 Å². The van der Waals surface area contributed by atoms with E-state index in [1.54, 1.807) is 25.1 Å². The topological polar surface area (TPSA) is 104 Å². The van der Waals surface area contributed by atoms with Gasteiger partial charge in [0.15, 0.2) is 11.5 Å². The summed E-state index contributed by atoms with van der Waals surface area (Å²) in [5, 5.41) is 17.9. The van der Waals surface area contributed by atoms with Crippen LogP contribution in [0.25, 0.3) is 6.08 Å². The number of carbonyl (C=O) groups excluding carboxylic acids is 2. The standard InChI is InChI=1S/C16H17NO6S/c1-2-23-12-8-10(5-6-11(12)18)9-13-15(21)17(16(22)24-13)7-3-4-14(19)20/h5-6,8-9,18H,2-4,7H2,1H3,(H,19,20)/b13-9+. The van der Waals surface area contributed by atoms with Crippen LogP contribution in [0.3, 0.4) is 0 Å². The van der Waals surface area contributed by atoms with Crippen molar-refractivity contribution in [3.8, 4) is 11.5 Å². The van der Waals surface area contributed by atoms with E-state index >= 15 is 0 Å². The molecule has 1 saturated heterocycles. The van der Waals surface area contributed by atoms with Crippen molar-refractivity contribution in [2.45, 2.75) is 19.8 Å². The van der Waals surface area contributed by atoms with Crippen molar-refractivity contribution in [2.75, 3.05) is 13.2 Å². The first-order valence-electron chi connectivity index (χ1n) is 7.35. The van der Waals surface area contributed by atoms with Crippen LogP contribution in [-0.2, 0) is 9.59 Å². The molecule has 0 radical (unpaired) electrons. The molecule has 24 heavy (non-hydrogen) atoms. The number of hydrogen-bond acceptors (Lipinski definition) is 6. The van der Waals surface area contributed by atoms with E-state index in [-0.39, 0.29) is 30.0 Å². The van der Waals surface area contributed by atoms with Crippen molar-refractivity contribution in [3.05, 3.63) is 28.7 Å². The molecule has 1 heterocycles. The second-order valence-electron chi connectivity index (χ2n) is 4.99. The van der Waals surface area contributed by atoms with Gasteiger partial charge in [-0.25, -0.2) is 0 Å². The number of benzene rings is 1. The second-order valence-corrected chi connectivity index (χ2v) is 5.98. The summed E-state index contributed by atoms with van der Waals surface area (Å²) in [6, 6.07) is 4.64. The molecule has 128 valence electrons. The van der Waals surface area contributed by atoms with E-state index in [0.29, 0.717) is 17.9 Å². The number of amides is 2. The predicted octanol–water partition coefficient (Wildman–Crippen LogP) is 2.69. The van der Waals surface area contributed by atoms with Crippen LogP contribution in [0.15, 0.2) is 23.1 Å². The van der Waals surface area contributed by atoms with Gasteiger partial charge >= 0.3 is 5.97 Å². The average Bonchev–Trinajstić information content (AvgIpc) is 2.78. The van der Waals surface area contributed by atoms with Gasteiger partial charge < -0.3 is 14.9 Å². The number of rotatable bonds is 7. The highest BCUT2D eigenvalue weighted by molar-refractivity contribution is 8.18. The number of phenolic OH excluding ortho intramolecular Hbond substituents is 1. The third-order valence-corrected chi connectivity index (χ3v) is 4.13. The Bertz CT molecular complexity index is 700. The highest BCUT2D eigenvalue weighted by Gasteiger charge is 2.34. The number of carboxylic acid groups (broad SMARTS) is 1. The highest BCUT2D eigenvalue weighted by Crippen LogP contribution is 2.34. The summed E-state index contributed by atoms with van der Waals surface area (Å²) < 4.78 is 5.28. The van der Waals surface area contributed by atoms with Crippen LogP contribution in [-0.4, -0.2) is 45.4 Å². The number of aromatic hydroxyl groups is 1. The normalized spacial score (nSPS) is 16.0. The van der Waals surface area contributed by atoms with Crippen LogP contribution < -0.4 is 4.74 Å². The van der Waals surface area contributed by atoms with Gasteiger partial charge in [-0.05, 0) is 48.9 Å². The molecule has 1 aromatic rings. The maximum atomic E-state index is 12.3. The van der Waals surface area contributed by atoms with Gasteiger partial charge in [0.2, 0.25) is 0 Å². The van der Waals surface area contributed by atoms with Crippen molar-refractivity contribution in [1.29, 1.82) is 0 Å². The van der Waals surface area contributed by atoms with E-state index in [1.807, 2.05) is 0 Å². The first-order chi connectivity index (χ1) is 11.4. The molecule has 0 atom stereocenters. The van der Waals surface area contributed by atoms with Crippen LogP contribution in [0, 0.1) is 0 Å². The number of hydrogen-bond donors (Lipinski definition) is 2. The number of phenols is 1. The molecule has 0 bridgehead atoms. The quantitative estimate of drug-likeness (QED) is 0.728. The first-order valence-corrected chi connectivity index (χ1v) is 8.17. The number of imide groups is 1. The third-order valence-electron chi connectivity index (χ3n) is 3.23. The molecule has 7 nitrogen and oxygen atoms in total. The van der Waals surface area contributed by atoms with Crippen LogP contribution in [0.4, 0.5) is 4.79 Å². The average molecular weight is 351 g/mol. The van der Waals surface area contributed by atoms with Crippen LogP contribution >= 0.6 is 11.8 Å². The van der Waals surface area contributed by atoms with E-state index < -0.39 is 17.1 Å².